The van der Waals surface area contributed by atoms with E-state index in [9.17, 15) is 8.42 Å². The van der Waals surface area contributed by atoms with Gasteiger partial charge in [-0.05, 0) is 37.4 Å². The second-order valence-corrected chi connectivity index (χ2v) is 7.93. The topological polar surface area (TPSA) is 61.4 Å². The van der Waals surface area contributed by atoms with Crippen molar-refractivity contribution < 1.29 is 8.42 Å². The van der Waals surface area contributed by atoms with Gasteiger partial charge in [-0.2, -0.15) is 17.4 Å². The van der Waals surface area contributed by atoms with Crippen molar-refractivity contribution in [2.45, 2.75) is 26.3 Å². The number of hydrogen-bond acceptors (Lipinski definition) is 4. The second kappa shape index (κ2) is 8.09. The van der Waals surface area contributed by atoms with Crippen LogP contribution in [0.15, 0.2) is 17.5 Å². The van der Waals surface area contributed by atoms with Crippen molar-refractivity contribution in [1.82, 2.24) is 14.3 Å². The quantitative estimate of drug-likeness (QED) is 0.683. The van der Waals surface area contributed by atoms with Gasteiger partial charge < -0.3 is 5.32 Å². The van der Waals surface area contributed by atoms with Crippen molar-refractivity contribution in [3.05, 3.63) is 22.4 Å². The largest absolute Gasteiger partial charge is 0.320 e. The molecule has 0 aromatic carbocycles. The van der Waals surface area contributed by atoms with E-state index in [1.807, 2.05) is 38.4 Å². The van der Waals surface area contributed by atoms with Crippen molar-refractivity contribution in [3.63, 3.8) is 0 Å². The molecule has 1 aromatic heterocycles. The van der Waals surface area contributed by atoms with Crippen LogP contribution in [0.1, 0.15) is 31.2 Å². The zero-order chi connectivity index (χ0) is 15.2. The molecule has 0 fully saturated rings. The van der Waals surface area contributed by atoms with Crippen LogP contribution < -0.4 is 10.0 Å². The highest BCUT2D eigenvalue weighted by Crippen LogP contribution is 2.26. The van der Waals surface area contributed by atoms with Gasteiger partial charge in [-0.15, -0.1) is 11.3 Å². The first-order valence-corrected chi connectivity index (χ1v) is 9.12. The van der Waals surface area contributed by atoms with Crippen LogP contribution in [0.2, 0.25) is 0 Å². The molecule has 1 heterocycles. The molecule has 1 rings (SSSR count). The second-order valence-electron chi connectivity index (χ2n) is 5.14. The van der Waals surface area contributed by atoms with E-state index >= 15 is 0 Å². The molecule has 0 bridgehead atoms. The van der Waals surface area contributed by atoms with Crippen molar-refractivity contribution in [2.24, 2.45) is 5.92 Å². The predicted molar refractivity (Wildman–Crippen MR) is 85.1 cm³/mol. The van der Waals surface area contributed by atoms with Gasteiger partial charge >= 0.3 is 0 Å². The summed E-state index contributed by atoms with van der Waals surface area (Å²) in [5, 5.41) is 4.98. The Morgan fingerprint density at radius 3 is 2.60 bits per heavy atom. The van der Waals surface area contributed by atoms with E-state index in [0.717, 1.165) is 17.8 Å². The molecule has 0 radical (unpaired) electrons. The Morgan fingerprint density at radius 1 is 1.40 bits per heavy atom. The van der Waals surface area contributed by atoms with E-state index in [2.05, 4.69) is 10.0 Å². The Labute approximate surface area is 126 Å². The Hall–Kier alpha value is -0.470. The number of nitrogens with one attached hydrogen (secondary N) is 2. The molecule has 1 atom stereocenters. The van der Waals surface area contributed by atoms with Gasteiger partial charge in [-0.25, -0.2) is 0 Å². The molecule has 5 nitrogen and oxygen atoms in total. The molecule has 0 aliphatic heterocycles. The lowest BCUT2D eigenvalue weighted by atomic mass is 10.0. The smallest absolute Gasteiger partial charge is 0.279 e. The van der Waals surface area contributed by atoms with E-state index in [0.29, 0.717) is 6.54 Å². The molecule has 0 spiro atoms. The lowest BCUT2D eigenvalue weighted by molar-refractivity contribution is 0.415. The molecule has 0 amide bonds. The first kappa shape index (κ1) is 17.6. The Morgan fingerprint density at radius 2 is 2.10 bits per heavy atom. The molecule has 116 valence electrons. The minimum absolute atomic E-state index is 0.174. The highest BCUT2D eigenvalue weighted by Gasteiger charge is 2.25. The van der Waals surface area contributed by atoms with E-state index in [1.54, 1.807) is 18.4 Å². The lowest BCUT2D eigenvalue weighted by Crippen LogP contribution is -2.42. The summed E-state index contributed by atoms with van der Waals surface area (Å²) in [7, 11) is 0.0255. The lowest BCUT2D eigenvalue weighted by Gasteiger charge is -2.25. The molecular weight excluding hydrogens is 294 g/mol. The number of nitrogens with zero attached hydrogens (tertiary/aromatic N) is 1. The van der Waals surface area contributed by atoms with Crippen LogP contribution >= 0.6 is 11.3 Å². The summed E-state index contributed by atoms with van der Waals surface area (Å²) in [5.74, 6) is 0.203. The summed E-state index contributed by atoms with van der Waals surface area (Å²) >= 11 is 1.58. The van der Waals surface area contributed by atoms with E-state index in [1.165, 1.54) is 4.31 Å². The Bertz CT molecular complexity index is 472. The highest BCUT2D eigenvalue weighted by molar-refractivity contribution is 7.87. The number of hydrogen-bond donors (Lipinski definition) is 2. The third-order valence-electron chi connectivity index (χ3n) is 3.10. The van der Waals surface area contributed by atoms with Gasteiger partial charge in [-0.3, -0.25) is 0 Å². The number of rotatable bonds is 9. The first-order valence-electron chi connectivity index (χ1n) is 6.80. The summed E-state index contributed by atoms with van der Waals surface area (Å²) < 4.78 is 28.9. The highest BCUT2D eigenvalue weighted by atomic mass is 32.2. The first-order chi connectivity index (χ1) is 9.38. The summed E-state index contributed by atoms with van der Waals surface area (Å²) in [6.45, 7) is 5.35. The SMILES string of the molecule is CNCCCN(C)S(=O)(=O)NC(c1cccs1)C(C)C. The molecule has 0 aliphatic carbocycles. The maximum Gasteiger partial charge on any atom is 0.279 e. The molecule has 20 heavy (non-hydrogen) atoms. The average Bonchev–Trinajstić information content (AvgIpc) is 2.89. The van der Waals surface area contributed by atoms with Crippen molar-refractivity contribution in [3.8, 4) is 0 Å². The molecule has 2 N–H and O–H groups in total. The summed E-state index contributed by atoms with van der Waals surface area (Å²) in [5.41, 5.74) is 0. The molecule has 0 aliphatic rings. The van der Waals surface area contributed by atoms with Crippen LogP contribution in [0.3, 0.4) is 0 Å². The minimum Gasteiger partial charge on any atom is -0.320 e. The maximum atomic E-state index is 12.3. The zero-order valence-electron chi connectivity index (χ0n) is 12.6. The fraction of sp³-hybridized carbons (Fsp3) is 0.692. The molecule has 1 unspecified atom stereocenters. The fourth-order valence-corrected chi connectivity index (χ4v) is 4.13. The van der Waals surface area contributed by atoms with Crippen molar-refractivity contribution in [2.75, 3.05) is 27.2 Å². The zero-order valence-corrected chi connectivity index (χ0v) is 14.2. The molecule has 7 heteroatoms. The predicted octanol–water partition coefficient (Wildman–Crippen LogP) is 1.82. The van der Waals surface area contributed by atoms with Gasteiger partial charge in [0, 0.05) is 18.5 Å². The summed E-state index contributed by atoms with van der Waals surface area (Å²) in [6.07, 6.45) is 0.791. The minimum atomic E-state index is -3.45. The third-order valence-corrected chi connectivity index (χ3v) is 5.61. The van der Waals surface area contributed by atoms with Crippen LogP contribution in [-0.4, -0.2) is 39.9 Å². The van der Waals surface area contributed by atoms with Crippen LogP contribution in [0.5, 0.6) is 0 Å². The molecule has 1 aromatic rings. The molecule has 0 saturated heterocycles. The van der Waals surface area contributed by atoms with E-state index in [-0.39, 0.29) is 12.0 Å². The van der Waals surface area contributed by atoms with Gasteiger partial charge in [0.05, 0.1) is 6.04 Å². The summed E-state index contributed by atoms with van der Waals surface area (Å²) in [6, 6.07) is 3.74. The van der Waals surface area contributed by atoms with E-state index < -0.39 is 10.2 Å². The van der Waals surface area contributed by atoms with Crippen LogP contribution in [0, 0.1) is 5.92 Å². The van der Waals surface area contributed by atoms with Gasteiger partial charge in [0.15, 0.2) is 0 Å². The van der Waals surface area contributed by atoms with Crippen LogP contribution in [-0.2, 0) is 10.2 Å². The fourth-order valence-electron chi connectivity index (χ4n) is 1.84. The van der Waals surface area contributed by atoms with Crippen molar-refractivity contribution >= 4 is 21.5 Å². The Kier molecular flexibility index (Phi) is 7.11. The van der Waals surface area contributed by atoms with Gasteiger partial charge in [-0.1, -0.05) is 19.9 Å². The number of thiophene rings is 1. The summed E-state index contributed by atoms with van der Waals surface area (Å²) in [4.78, 5) is 1.05. The maximum absolute atomic E-state index is 12.3. The van der Waals surface area contributed by atoms with Crippen molar-refractivity contribution in [1.29, 1.82) is 0 Å². The van der Waals surface area contributed by atoms with Gasteiger partial charge in [0.25, 0.3) is 10.2 Å². The van der Waals surface area contributed by atoms with Gasteiger partial charge in [0.1, 0.15) is 0 Å². The van der Waals surface area contributed by atoms with Gasteiger partial charge in [0.2, 0.25) is 0 Å². The molecular formula is C13H25N3O2S2. The van der Waals surface area contributed by atoms with E-state index in [4.69, 9.17) is 0 Å². The standard InChI is InChI=1S/C13H25N3O2S2/c1-11(2)13(12-7-5-10-19-12)15-20(17,18)16(4)9-6-8-14-3/h5,7,10-11,13-15H,6,8-9H2,1-4H3. The Balaban J connectivity index is 2.72. The van der Waals surface area contributed by atoms with Crippen LogP contribution in [0.25, 0.3) is 0 Å². The third kappa shape index (κ3) is 5.14. The monoisotopic (exact) mass is 319 g/mol. The molecule has 0 saturated carbocycles. The average molecular weight is 319 g/mol. The van der Waals surface area contributed by atoms with Crippen LogP contribution in [0.4, 0.5) is 0 Å². The normalized spacial score (nSPS) is 14.1.